The summed E-state index contributed by atoms with van der Waals surface area (Å²) in [6.07, 6.45) is 0.331. The van der Waals surface area contributed by atoms with Crippen LogP contribution in [-0.4, -0.2) is 34.0 Å². The lowest BCUT2D eigenvalue weighted by molar-refractivity contribution is -0.140. The molecule has 1 N–H and O–H groups in total. The molecule has 3 aromatic carbocycles. The van der Waals surface area contributed by atoms with Gasteiger partial charge in [0.25, 0.3) is 0 Å². The second kappa shape index (κ2) is 13.3. The summed E-state index contributed by atoms with van der Waals surface area (Å²) in [5, 5.41) is 3.93. The molecule has 2 amide bonds. The quantitative estimate of drug-likeness (QED) is 0.292. The average molecular weight is 562 g/mol. The van der Waals surface area contributed by atoms with Crippen molar-refractivity contribution in [2.24, 2.45) is 0 Å². The molecule has 0 radical (unpaired) electrons. The number of benzene rings is 3. The number of nitrogens with zero attached hydrogens (tertiary/aromatic N) is 1. The summed E-state index contributed by atoms with van der Waals surface area (Å²) < 4.78 is 14.1. The predicted molar refractivity (Wildman–Crippen MR) is 151 cm³/mol. The monoisotopic (exact) mass is 560 g/mol. The van der Waals surface area contributed by atoms with Crippen LogP contribution in [0.5, 0.6) is 0 Å². The van der Waals surface area contributed by atoms with Gasteiger partial charge in [-0.3, -0.25) is 9.59 Å². The Balaban J connectivity index is 1.91. The molecule has 4 nitrogen and oxygen atoms in total. The maximum absolute atomic E-state index is 14.1. The number of carbonyl (C=O) groups is 2. The summed E-state index contributed by atoms with van der Waals surface area (Å²) in [7, 11) is 0. The minimum atomic E-state index is -0.782. The van der Waals surface area contributed by atoms with Crippen molar-refractivity contribution < 1.29 is 14.0 Å². The largest absolute Gasteiger partial charge is 0.350 e. The van der Waals surface area contributed by atoms with E-state index >= 15 is 0 Å². The van der Waals surface area contributed by atoms with Crippen molar-refractivity contribution in [1.82, 2.24) is 10.2 Å². The topological polar surface area (TPSA) is 49.4 Å². The van der Waals surface area contributed by atoms with Gasteiger partial charge in [0, 0.05) is 34.3 Å². The molecule has 0 aliphatic carbocycles. The molecular weight excluding hydrogens is 530 g/mol. The van der Waals surface area contributed by atoms with Crippen molar-refractivity contribution in [3.63, 3.8) is 0 Å². The third-order valence-electron chi connectivity index (χ3n) is 5.57. The first kappa shape index (κ1) is 29.0. The Labute approximate surface area is 232 Å². The number of nitrogens with one attached hydrogen (secondary N) is 1. The highest BCUT2D eigenvalue weighted by Crippen LogP contribution is 2.25. The fourth-order valence-electron chi connectivity index (χ4n) is 3.79. The van der Waals surface area contributed by atoms with E-state index in [1.54, 1.807) is 41.3 Å². The smallest absolute Gasteiger partial charge is 0.243 e. The van der Waals surface area contributed by atoms with Crippen molar-refractivity contribution in [2.75, 3.05) is 5.75 Å². The van der Waals surface area contributed by atoms with E-state index in [9.17, 15) is 14.0 Å². The van der Waals surface area contributed by atoms with Crippen LogP contribution >= 0.6 is 35.0 Å². The summed E-state index contributed by atoms with van der Waals surface area (Å²) in [6, 6.07) is 20.4. The fraction of sp³-hybridized carbons (Fsp3) is 0.310. The van der Waals surface area contributed by atoms with Crippen molar-refractivity contribution in [3.05, 3.63) is 105 Å². The van der Waals surface area contributed by atoms with E-state index in [0.717, 1.165) is 5.56 Å². The summed E-state index contributed by atoms with van der Waals surface area (Å²) >= 11 is 13.9. The molecule has 0 unspecified atom stereocenters. The minimum absolute atomic E-state index is 0.0770. The molecule has 8 heteroatoms. The van der Waals surface area contributed by atoms with Crippen LogP contribution in [0.2, 0.25) is 10.0 Å². The molecule has 3 aromatic rings. The van der Waals surface area contributed by atoms with E-state index in [-0.39, 0.29) is 29.9 Å². The van der Waals surface area contributed by atoms with E-state index in [1.807, 2.05) is 51.1 Å². The van der Waals surface area contributed by atoms with Crippen LogP contribution in [0.3, 0.4) is 0 Å². The number of carbonyl (C=O) groups excluding carboxylic acids is 2. The SMILES string of the molecule is CC(C)(C)NC(=O)[C@H](Cc1ccccc1)N(Cc1ccc(Cl)cc1Cl)C(=O)CSCc1ccccc1F. The van der Waals surface area contributed by atoms with Gasteiger partial charge in [0.1, 0.15) is 11.9 Å². The lowest BCUT2D eigenvalue weighted by atomic mass is 10.0. The summed E-state index contributed by atoms with van der Waals surface area (Å²) in [5.41, 5.74) is 1.65. The first-order valence-electron chi connectivity index (χ1n) is 11.9. The van der Waals surface area contributed by atoms with E-state index in [0.29, 0.717) is 33.3 Å². The van der Waals surface area contributed by atoms with Crippen LogP contribution in [-0.2, 0) is 28.3 Å². The number of hydrogen-bond acceptors (Lipinski definition) is 3. The maximum atomic E-state index is 14.1. The second-order valence-corrected chi connectivity index (χ2v) is 11.6. The Morgan fingerprint density at radius 3 is 2.30 bits per heavy atom. The van der Waals surface area contributed by atoms with Gasteiger partial charge in [-0.25, -0.2) is 4.39 Å². The van der Waals surface area contributed by atoms with Gasteiger partial charge in [-0.05, 0) is 55.7 Å². The van der Waals surface area contributed by atoms with Gasteiger partial charge >= 0.3 is 0 Å². The molecule has 0 aliphatic rings. The van der Waals surface area contributed by atoms with Gasteiger partial charge in [0.05, 0.1) is 5.75 Å². The van der Waals surface area contributed by atoms with Crippen molar-refractivity contribution in [2.45, 2.75) is 51.1 Å². The van der Waals surface area contributed by atoms with E-state index in [1.165, 1.54) is 17.8 Å². The Morgan fingerprint density at radius 2 is 1.65 bits per heavy atom. The second-order valence-electron chi connectivity index (χ2n) is 9.79. The Kier molecular flexibility index (Phi) is 10.4. The molecule has 1 atom stereocenters. The first-order chi connectivity index (χ1) is 17.5. The molecule has 0 saturated heterocycles. The molecule has 0 saturated carbocycles. The zero-order valence-electron chi connectivity index (χ0n) is 21.1. The van der Waals surface area contributed by atoms with E-state index < -0.39 is 11.6 Å². The van der Waals surface area contributed by atoms with Crippen LogP contribution in [0.4, 0.5) is 4.39 Å². The van der Waals surface area contributed by atoms with E-state index in [4.69, 9.17) is 23.2 Å². The first-order valence-corrected chi connectivity index (χ1v) is 13.8. The van der Waals surface area contributed by atoms with Gasteiger partial charge < -0.3 is 10.2 Å². The third kappa shape index (κ3) is 9.06. The average Bonchev–Trinajstić information content (AvgIpc) is 2.83. The predicted octanol–water partition coefficient (Wildman–Crippen LogP) is 6.92. The highest BCUT2D eigenvalue weighted by molar-refractivity contribution is 7.99. The van der Waals surface area contributed by atoms with Gasteiger partial charge in [-0.1, -0.05) is 77.8 Å². The Bertz CT molecular complexity index is 1220. The molecule has 0 spiro atoms. The van der Waals surface area contributed by atoms with Crippen LogP contribution in [0.15, 0.2) is 72.8 Å². The van der Waals surface area contributed by atoms with Crippen LogP contribution in [0.1, 0.15) is 37.5 Å². The number of amides is 2. The highest BCUT2D eigenvalue weighted by Gasteiger charge is 2.32. The standard InChI is InChI=1S/C29H31Cl2FN2O2S/c1-29(2,3)33-28(36)26(15-20-9-5-4-6-10-20)34(17-21-13-14-23(30)16-24(21)31)27(35)19-37-18-22-11-7-8-12-25(22)32/h4-14,16,26H,15,17-19H2,1-3H3,(H,33,36)/t26-/m0/s1. The van der Waals surface area contributed by atoms with Crippen LogP contribution in [0, 0.1) is 5.82 Å². The highest BCUT2D eigenvalue weighted by atomic mass is 35.5. The number of halogens is 3. The number of rotatable bonds is 10. The number of thioether (sulfide) groups is 1. The maximum Gasteiger partial charge on any atom is 0.243 e. The summed E-state index contributed by atoms with van der Waals surface area (Å²) in [4.78, 5) is 28.8. The van der Waals surface area contributed by atoms with Crippen molar-refractivity contribution in [1.29, 1.82) is 0 Å². The van der Waals surface area contributed by atoms with Gasteiger partial charge in [-0.15, -0.1) is 11.8 Å². The van der Waals surface area contributed by atoms with Crippen LogP contribution in [0.25, 0.3) is 0 Å². The molecule has 0 heterocycles. The lowest BCUT2D eigenvalue weighted by Gasteiger charge is -2.34. The summed E-state index contributed by atoms with van der Waals surface area (Å²) in [6.45, 7) is 5.83. The zero-order chi connectivity index (χ0) is 27.0. The Morgan fingerprint density at radius 1 is 0.973 bits per heavy atom. The van der Waals surface area contributed by atoms with Crippen molar-refractivity contribution in [3.8, 4) is 0 Å². The third-order valence-corrected chi connectivity index (χ3v) is 7.12. The fourth-order valence-corrected chi connectivity index (χ4v) is 5.15. The molecule has 0 bridgehead atoms. The van der Waals surface area contributed by atoms with E-state index in [2.05, 4.69) is 5.32 Å². The molecule has 0 aromatic heterocycles. The van der Waals surface area contributed by atoms with Gasteiger partial charge in [0.2, 0.25) is 11.8 Å². The lowest BCUT2D eigenvalue weighted by Crippen LogP contribution is -2.54. The zero-order valence-corrected chi connectivity index (χ0v) is 23.5. The minimum Gasteiger partial charge on any atom is -0.350 e. The molecular formula is C29H31Cl2FN2O2S. The van der Waals surface area contributed by atoms with Gasteiger partial charge in [-0.2, -0.15) is 0 Å². The van der Waals surface area contributed by atoms with Gasteiger partial charge in [0.15, 0.2) is 0 Å². The van der Waals surface area contributed by atoms with Crippen molar-refractivity contribution >= 4 is 46.8 Å². The molecule has 37 heavy (non-hydrogen) atoms. The summed E-state index contributed by atoms with van der Waals surface area (Å²) in [5.74, 6) is -0.385. The van der Waals surface area contributed by atoms with Crippen LogP contribution < -0.4 is 5.32 Å². The Hall–Kier alpha value is -2.54. The normalized spacial score (nSPS) is 12.2. The molecule has 0 aliphatic heterocycles. The molecule has 3 rings (SSSR count). The number of hydrogen-bond donors (Lipinski definition) is 1. The molecule has 0 fully saturated rings. The molecule has 196 valence electrons.